The maximum absolute atomic E-state index is 12.9. The zero-order valence-electron chi connectivity index (χ0n) is 11.5. The fraction of sp³-hybridized carbons (Fsp3) is 0.231. The number of amides is 2. The van der Waals surface area contributed by atoms with Crippen LogP contribution in [0.15, 0.2) is 30.6 Å². The van der Waals surface area contributed by atoms with E-state index in [1.807, 2.05) is 0 Å². The molecule has 7 nitrogen and oxygen atoms in total. The molecule has 0 fully saturated rings. The Labute approximate surface area is 127 Å². The molecule has 0 unspecified atom stereocenters. The fourth-order valence-corrected chi connectivity index (χ4v) is 2.27. The fourth-order valence-electron chi connectivity index (χ4n) is 2.27. The van der Waals surface area contributed by atoms with Gasteiger partial charge in [-0.25, -0.2) is 4.68 Å². The Kier molecular flexibility index (Phi) is 3.51. The van der Waals surface area contributed by atoms with Gasteiger partial charge in [0.2, 0.25) is 11.9 Å². The number of nitrogens with one attached hydrogen (secondary N) is 2. The highest BCUT2D eigenvalue weighted by molar-refractivity contribution is 6.01. The summed E-state index contributed by atoms with van der Waals surface area (Å²) in [6.45, 7) is 0. The monoisotopic (exact) mass is 325 g/mol. The van der Waals surface area contributed by atoms with Gasteiger partial charge in [-0.05, 0) is 12.1 Å². The van der Waals surface area contributed by atoms with E-state index >= 15 is 0 Å². The Morgan fingerprint density at radius 1 is 1.35 bits per heavy atom. The molecule has 23 heavy (non-hydrogen) atoms. The first-order valence-corrected chi connectivity index (χ1v) is 6.52. The molecule has 0 bridgehead atoms. The van der Waals surface area contributed by atoms with Gasteiger partial charge in [0.1, 0.15) is 12.4 Å². The summed E-state index contributed by atoms with van der Waals surface area (Å²) in [6, 6.07) is 3.68. The smallest absolute Gasteiger partial charge is 0.325 e. The first-order valence-electron chi connectivity index (χ1n) is 6.52. The van der Waals surface area contributed by atoms with Crippen molar-refractivity contribution in [3.05, 3.63) is 36.2 Å². The molecule has 1 aromatic carbocycles. The number of benzene rings is 1. The molecule has 1 aromatic heterocycles. The number of fused-ring (bicyclic) bond motifs is 1. The standard InChI is InChI=1S/C13H10F3N5O2/c14-13(15,16)7-3-1-2-4-8(7)19-10(22)5-9-11(23)20-12-17-6-18-21(9)12/h1-4,6,9H,5H2,(H,19,22)(H,17,18,20,23)/t9-/m1/s1. The third-order valence-corrected chi connectivity index (χ3v) is 3.29. The number of aromatic nitrogens is 3. The van der Waals surface area contributed by atoms with Crippen LogP contribution in [-0.2, 0) is 15.8 Å². The van der Waals surface area contributed by atoms with Gasteiger partial charge in [-0.2, -0.15) is 23.3 Å². The molecule has 0 saturated carbocycles. The largest absolute Gasteiger partial charge is 0.418 e. The lowest BCUT2D eigenvalue weighted by molar-refractivity contribution is -0.137. The molecule has 1 aliphatic rings. The van der Waals surface area contributed by atoms with Crippen LogP contribution in [0.3, 0.4) is 0 Å². The van der Waals surface area contributed by atoms with Crippen molar-refractivity contribution >= 4 is 23.5 Å². The highest BCUT2D eigenvalue weighted by atomic mass is 19.4. The Bertz CT molecular complexity index is 771. The van der Waals surface area contributed by atoms with Crippen molar-refractivity contribution in [3.8, 4) is 0 Å². The maximum atomic E-state index is 12.9. The van der Waals surface area contributed by atoms with E-state index in [1.54, 1.807) is 0 Å². The number of carbonyl (C=O) groups is 2. The SMILES string of the molecule is O=C(C[C@@H]1C(=O)Nc2ncnn21)Nc1ccccc1C(F)(F)F. The first-order chi connectivity index (χ1) is 10.9. The molecule has 0 spiro atoms. The summed E-state index contributed by atoms with van der Waals surface area (Å²) in [7, 11) is 0. The van der Waals surface area contributed by atoms with Gasteiger partial charge in [-0.3, -0.25) is 14.9 Å². The van der Waals surface area contributed by atoms with Crippen molar-refractivity contribution in [1.29, 1.82) is 0 Å². The number of carbonyl (C=O) groups excluding carboxylic acids is 2. The minimum Gasteiger partial charge on any atom is -0.325 e. The average molecular weight is 325 g/mol. The van der Waals surface area contributed by atoms with Gasteiger partial charge in [0.15, 0.2) is 0 Å². The van der Waals surface area contributed by atoms with E-state index in [9.17, 15) is 22.8 Å². The normalized spacial score (nSPS) is 16.8. The Morgan fingerprint density at radius 3 is 2.83 bits per heavy atom. The van der Waals surface area contributed by atoms with Crippen molar-refractivity contribution in [3.63, 3.8) is 0 Å². The lowest BCUT2D eigenvalue weighted by atomic mass is 10.1. The van der Waals surface area contributed by atoms with Gasteiger partial charge in [0.05, 0.1) is 17.7 Å². The average Bonchev–Trinajstić information content (AvgIpc) is 3.01. The highest BCUT2D eigenvalue weighted by Crippen LogP contribution is 2.35. The van der Waals surface area contributed by atoms with Crippen LogP contribution in [0.1, 0.15) is 18.0 Å². The van der Waals surface area contributed by atoms with E-state index in [4.69, 9.17) is 0 Å². The van der Waals surface area contributed by atoms with Crippen molar-refractivity contribution in [2.75, 3.05) is 10.6 Å². The number of hydrogen-bond acceptors (Lipinski definition) is 4. The molecule has 0 radical (unpaired) electrons. The van der Waals surface area contributed by atoms with E-state index in [0.29, 0.717) is 0 Å². The van der Waals surface area contributed by atoms with Crippen molar-refractivity contribution in [1.82, 2.24) is 14.8 Å². The van der Waals surface area contributed by atoms with Crippen molar-refractivity contribution in [2.45, 2.75) is 18.6 Å². The van der Waals surface area contributed by atoms with Crippen LogP contribution in [-0.4, -0.2) is 26.6 Å². The third-order valence-electron chi connectivity index (χ3n) is 3.29. The van der Waals surface area contributed by atoms with Gasteiger partial charge in [0, 0.05) is 0 Å². The van der Waals surface area contributed by atoms with E-state index in [0.717, 1.165) is 12.1 Å². The van der Waals surface area contributed by atoms with Gasteiger partial charge in [-0.1, -0.05) is 12.1 Å². The van der Waals surface area contributed by atoms with Gasteiger partial charge >= 0.3 is 6.18 Å². The van der Waals surface area contributed by atoms with E-state index < -0.39 is 29.6 Å². The van der Waals surface area contributed by atoms with Crippen LogP contribution in [0.4, 0.5) is 24.8 Å². The molecule has 2 N–H and O–H groups in total. The zero-order chi connectivity index (χ0) is 16.6. The minimum absolute atomic E-state index is 0.198. The number of para-hydroxylation sites is 1. The summed E-state index contributed by atoms with van der Waals surface area (Å²) >= 11 is 0. The lowest BCUT2D eigenvalue weighted by Gasteiger charge is -2.14. The van der Waals surface area contributed by atoms with Crippen LogP contribution in [0.5, 0.6) is 0 Å². The summed E-state index contributed by atoms with van der Waals surface area (Å²) < 4.78 is 39.9. The van der Waals surface area contributed by atoms with Crippen molar-refractivity contribution in [2.24, 2.45) is 0 Å². The topological polar surface area (TPSA) is 88.9 Å². The van der Waals surface area contributed by atoms with Gasteiger partial charge in [-0.15, -0.1) is 0 Å². The van der Waals surface area contributed by atoms with E-state index in [1.165, 1.54) is 23.1 Å². The molecule has 2 aromatic rings. The quantitative estimate of drug-likeness (QED) is 0.901. The van der Waals surface area contributed by atoms with Crippen LogP contribution in [0.25, 0.3) is 0 Å². The summed E-state index contributed by atoms with van der Waals surface area (Å²) in [5, 5.41) is 8.42. The first kappa shape index (κ1) is 15.0. The van der Waals surface area contributed by atoms with E-state index in [-0.39, 0.29) is 18.1 Å². The zero-order valence-corrected chi connectivity index (χ0v) is 11.5. The van der Waals surface area contributed by atoms with Gasteiger partial charge in [0.25, 0.3) is 5.91 Å². The second-order valence-corrected chi connectivity index (χ2v) is 4.83. The minimum atomic E-state index is -4.59. The maximum Gasteiger partial charge on any atom is 0.418 e. The summed E-state index contributed by atoms with van der Waals surface area (Å²) in [6.07, 6.45) is -3.74. The second kappa shape index (κ2) is 5.38. The highest BCUT2D eigenvalue weighted by Gasteiger charge is 2.36. The molecule has 0 saturated heterocycles. The number of halogens is 3. The third kappa shape index (κ3) is 2.87. The lowest BCUT2D eigenvalue weighted by Crippen LogP contribution is -2.24. The van der Waals surface area contributed by atoms with E-state index in [2.05, 4.69) is 20.7 Å². The van der Waals surface area contributed by atoms with Crippen LogP contribution in [0, 0.1) is 0 Å². The number of anilines is 2. The predicted molar refractivity (Wildman–Crippen MR) is 72.4 cm³/mol. The molecule has 0 aliphatic carbocycles. The second-order valence-electron chi connectivity index (χ2n) is 4.83. The van der Waals surface area contributed by atoms with Crippen LogP contribution < -0.4 is 10.6 Å². The summed E-state index contributed by atoms with van der Waals surface area (Å²) in [5.41, 5.74) is -1.31. The van der Waals surface area contributed by atoms with Gasteiger partial charge < -0.3 is 5.32 Å². The predicted octanol–water partition coefficient (Wildman–Crippen LogP) is 1.82. The molecule has 2 heterocycles. The number of rotatable bonds is 3. The molecule has 2 amide bonds. The molecular formula is C13H10F3N5O2. The Morgan fingerprint density at radius 2 is 2.09 bits per heavy atom. The molecule has 10 heteroatoms. The van der Waals surface area contributed by atoms with Crippen LogP contribution in [0.2, 0.25) is 0 Å². The molecule has 1 atom stereocenters. The number of hydrogen-bond donors (Lipinski definition) is 2. The Hall–Kier alpha value is -2.91. The molecular weight excluding hydrogens is 315 g/mol. The van der Waals surface area contributed by atoms with Crippen molar-refractivity contribution < 1.29 is 22.8 Å². The Balaban J connectivity index is 1.75. The summed E-state index contributed by atoms with van der Waals surface area (Å²) in [4.78, 5) is 27.5. The molecule has 120 valence electrons. The molecule has 3 rings (SSSR count). The summed E-state index contributed by atoms with van der Waals surface area (Å²) in [5.74, 6) is -1.02. The number of alkyl halides is 3. The number of nitrogens with zero attached hydrogens (tertiary/aromatic N) is 3. The molecule has 1 aliphatic heterocycles. The van der Waals surface area contributed by atoms with Crippen LogP contribution >= 0.6 is 0 Å².